The third-order valence-corrected chi connectivity index (χ3v) is 6.34. The van der Waals surface area contributed by atoms with Crippen molar-refractivity contribution in [3.63, 3.8) is 0 Å². The summed E-state index contributed by atoms with van der Waals surface area (Å²) >= 11 is 12.7. The Kier molecular flexibility index (Phi) is 5.58. The molecule has 2 aromatic rings. The van der Waals surface area contributed by atoms with Crippen molar-refractivity contribution in [1.29, 1.82) is 0 Å². The van der Waals surface area contributed by atoms with Crippen molar-refractivity contribution in [1.82, 2.24) is 0 Å². The summed E-state index contributed by atoms with van der Waals surface area (Å²) < 4.78 is 10.7. The van der Waals surface area contributed by atoms with Gasteiger partial charge in [-0.25, -0.2) is 4.79 Å². The standard InChI is InChI=1S/C23H19Cl2NO4/c1-29-23(28)20-18(14-8-5-9-15(24)21(14)25)19-16(27)10-13(11-17(19)30-22(20)26)12-6-3-2-4-7-12/h2-9,13,18H,10-11,26H2,1H3/t13-,18-/m1/s1. The van der Waals surface area contributed by atoms with E-state index in [2.05, 4.69) is 0 Å². The minimum absolute atomic E-state index is 0.0413. The van der Waals surface area contributed by atoms with Crippen LogP contribution >= 0.6 is 23.2 Å². The number of ether oxygens (including phenoxy) is 2. The molecular weight excluding hydrogens is 425 g/mol. The van der Waals surface area contributed by atoms with Gasteiger partial charge >= 0.3 is 5.97 Å². The van der Waals surface area contributed by atoms with Crippen molar-refractivity contribution in [2.45, 2.75) is 24.7 Å². The van der Waals surface area contributed by atoms with Gasteiger partial charge in [0.1, 0.15) is 11.3 Å². The van der Waals surface area contributed by atoms with Gasteiger partial charge in [-0.1, -0.05) is 65.7 Å². The van der Waals surface area contributed by atoms with Gasteiger partial charge in [-0.05, 0) is 23.1 Å². The number of Topliss-reactive ketones (excluding diaryl/α,β-unsaturated/α-hetero) is 1. The number of carbonyl (C=O) groups is 2. The number of nitrogens with two attached hydrogens (primary N) is 1. The number of benzene rings is 2. The van der Waals surface area contributed by atoms with Crippen LogP contribution in [0, 0.1) is 0 Å². The summed E-state index contributed by atoms with van der Waals surface area (Å²) in [5, 5.41) is 0.570. The van der Waals surface area contributed by atoms with E-state index < -0.39 is 11.9 Å². The zero-order valence-electron chi connectivity index (χ0n) is 16.2. The van der Waals surface area contributed by atoms with Gasteiger partial charge in [-0.3, -0.25) is 4.79 Å². The highest BCUT2D eigenvalue weighted by Gasteiger charge is 2.44. The first-order chi connectivity index (χ1) is 14.4. The monoisotopic (exact) mass is 443 g/mol. The summed E-state index contributed by atoms with van der Waals surface area (Å²) in [6, 6.07) is 14.8. The van der Waals surface area contributed by atoms with Gasteiger partial charge in [0, 0.05) is 18.4 Å². The highest BCUT2D eigenvalue weighted by molar-refractivity contribution is 6.42. The normalized spacial score (nSPS) is 21.2. The van der Waals surface area contributed by atoms with Gasteiger partial charge in [0.2, 0.25) is 5.88 Å². The summed E-state index contributed by atoms with van der Waals surface area (Å²) in [5.41, 5.74) is 8.12. The van der Waals surface area contributed by atoms with E-state index in [0.717, 1.165) is 5.56 Å². The van der Waals surface area contributed by atoms with Crippen molar-refractivity contribution >= 4 is 35.0 Å². The molecule has 30 heavy (non-hydrogen) atoms. The number of methoxy groups -OCH3 is 1. The Morgan fingerprint density at radius 1 is 1.10 bits per heavy atom. The molecule has 0 amide bonds. The van der Waals surface area contributed by atoms with Crippen molar-refractivity contribution in [3.8, 4) is 0 Å². The molecule has 0 saturated heterocycles. The van der Waals surface area contributed by atoms with Crippen LogP contribution in [0.15, 0.2) is 71.3 Å². The van der Waals surface area contributed by atoms with Gasteiger partial charge in [0.15, 0.2) is 5.78 Å². The first-order valence-corrected chi connectivity index (χ1v) is 10.2. The average molecular weight is 444 g/mol. The number of esters is 1. The Morgan fingerprint density at radius 2 is 1.83 bits per heavy atom. The minimum Gasteiger partial charge on any atom is -0.465 e. The molecule has 2 atom stereocenters. The van der Waals surface area contributed by atoms with Crippen molar-refractivity contribution in [3.05, 3.63) is 92.5 Å². The summed E-state index contributed by atoms with van der Waals surface area (Å²) in [5.74, 6) is -1.30. The van der Waals surface area contributed by atoms with Crippen LogP contribution < -0.4 is 5.73 Å². The molecule has 0 bridgehead atoms. The molecule has 1 aliphatic heterocycles. The lowest BCUT2D eigenvalue weighted by molar-refractivity contribution is -0.136. The van der Waals surface area contributed by atoms with Gasteiger partial charge in [-0.2, -0.15) is 0 Å². The first kappa shape index (κ1) is 20.5. The molecule has 5 nitrogen and oxygen atoms in total. The number of hydrogen-bond donors (Lipinski definition) is 1. The number of ketones is 1. The van der Waals surface area contributed by atoms with Crippen LogP contribution in [0.25, 0.3) is 0 Å². The van der Waals surface area contributed by atoms with E-state index in [4.69, 9.17) is 38.4 Å². The molecular formula is C23H19Cl2NO4. The fourth-order valence-electron chi connectivity index (χ4n) is 4.13. The molecule has 0 unspecified atom stereocenters. The molecule has 2 aromatic carbocycles. The maximum Gasteiger partial charge on any atom is 0.340 e. The Morgan fingerprint density at radius 3 is 2.53 bits per heavy atom. The van der Waals surface area contributed by atoms with Crippen LogP contribution in [0.3, 0.4) is 0 Å². The van der Waals surface area contributed by atoms with Gasteiger partial charge in [-0.15, -0.1) is 0 Å². The summed E-state index contributed by atoms with van der Waals surface area (Å²) in [6.07, 6.45) is 0.768. The van der Waals surface area contributed by atoms with Crippen LogP contribution in [0.2, 0.25) is 10.0 Å². The molecule has 0 radical (unpaired) electrons. The molecule has 0 fully saturated rings. The molecule has 1 heterocycles. The average Bonchev–Trinajstić information content (AvgIpc) is 2.74. The van der Waals surface area contributed by atoms with Gasteiger partial charge < -0.3 is 15.2 Å². The van der Waals surface area contributed by atoms with Crippen molar-refractivity contribution in [2.24, 2.45) is 5.73 Å². The summed E-state index contributed by atoms with van der Waals surface area (Å²) in [4.78, 5) is 25.9. The highest BCUT2D eigenvalue weighted by atomic mass is 35.5. The first-order valence-electron chi connectivity index (χ1n) is 9.43. The van der Waals surface area contributed by atoms with Gasteiger partial charge in [0.25, 0.3) is 0 Å². The Labute approximate surface area is 184 Å². The van der Waals surface area contributed by atoms with E-state index >= 15 is 0 Å². The van der Waals surface area contributed by atoms with Crippen molar-refractivity contribution in [2.75, 3.05) is 7.11 Å². The zero-order chi connectivity index (χ0) is 21.4. The van der Waals surface area contributed by atoms with E-state index in [-0.39, 0.29) is 34.6 Å². The molecule has 7 heteroatoms. The lowest BCUT2D eigenvalue weighted by atomic mass is 9.73. The Bertz CT molecular complexity index is 1090. The Hall–Kier alpha value is -2.76. The molecule has 4 rings (SSSR count). The molecule has 2 N–H and O–H groups in total. The lowest BCUT2D eigenvalue weighted by Gasteiger charge is -2.35. The third kappa shape index (κ3) is 3.48. The van der Waals surface area contributed by atoms with Crippen LogP contribution in [-0.2, 0) is 19.1 Å². The molecule has 2 aliphatic rings. The smallest absolute Gasteiger partial charge is 0.340 e. The van der Waals surface area contributed by atoms with Crippen LogP contribution in [-0.4, -0.2) is 18.9 Å². The van der Waals surface area contributed by atoms with E-state index in [1.165, 1.54) is 7.11 Å². The number of hydrogen-bond acceptors (Lipinski definition) is 5. The predicted octanol–water partition coefficient (Wildman–Crippen LogP) is 4.85. The summed E-state index contributed by atoms with van der Waals surface area (Å²) in [6.45, 7) is 0. The maximum atomic E-state index is 13.3. The van der Waals surface area contributed by atoms with Crippen LogP contribution in [0.4, 0.5) is 0 Å². The third-order valence-electron chi connectivity index (χ3n) is 5.51. The summed E-state index contributed by atoms with van der Waals surface area (Å²) in [7, 11) is 1.25. The second-order valence-corrected chi connectivity index (χ2v) is 8.01. The predicted molar refractivity (Wildman–Crippen MR) is 114 cm³/mol. The second-order valence-electron chi connectivity index (χ2n) is 7.22. The molecule has 154 valence electrons. The number of carbonyl (C=O) groups excluding carboxylic acids is 2. The quantitative estimate of drug-likeness (QED) is 0.685. The van der Waals surface area contributed by atoms with Crippen molar-refractivity contribution < 1.29 is 19.1 Å². The largest absolute Gasteiger partial charge is 0.465 e. The lowest BCUT2D eigenvalue weighted by Crippen LogP contribution is -2.33. The fourth-order valence-corrected chi connectivity index (χ4v) is 4.55. The van der Waals surface area contributed by atoms with Gasteiger partial charge in [0.05, 0.1) is 23.1 Å². The van der Waals surface area contributed by atoms with E-state index in [9.17, 15) is 9.59 Å². The molecule has 1 aliphatic carbocycles. The fraction of sp³-hybridized carbons (Fsp3) is 0.217. The van der Waals surface area contributed by atoms with Crippen LogP contribution in [0.5, 0.6) is 0 Å². The number of rotatable bonds is 3. The van der Waals surface area contributed by atoms with E-state index in [1.807, 2.05) is 30.3 Å². The van der Waals surface area contributed by atoms with E-state index in [1.54, 1.807) is 18.2 Å². The topological polar surface area (TPSA) is 78.6 Å². The second kappa shape index (κ2) is 8.17. The Balaban J connectivity index is 1.86. The van der Waals surface area contributed by atoms with E-state index in [0.29, 0.717) is 28.3 Å². The SMILES string of the molecule is COC(=O)C1=C(N)OC2=C(C(=O)C[C@@H](c3ccccc3)C2)[C@H]1c1cccc(Cl)c1Cl. The number of halogens is 2. The highest BCUT2D eigenvalue weighted by Crippen LogP contribution is 2.49. The molecule has 0 spiro atoms. The zero-order valence-corrected chi connectivity index (χ0v) is 17.7. The number of allylic oxidation sites excluding steroid dienone is 2. The minimum atomic E-state index is -0.809. The maximum absolute atomic E-state index is 13.3. The molecule has 0 saturated carbocycles. The molecule has 0 aromatic heterocycles. The van der Waals surface area contributed by atoms with Crippen LogP contribution in [0.1, 0.15) is 35.8 Å².